The van der Waals surface area contributed by atoms with Crippen LogP contribution in [-0.4, -0.2) is 22.5 Å². The molecule has 15 heavy (non-hydrogen) atoms. The van der Waals surface area contributed by atoms with E-state index >= 15 is 0 Å². The zero-order valence-electron chi connectivity index (χ0n) is 8.94. The number of phenols is 1. The van der Waals surface area contributed by atoms with Gasteiger partial charge in [-0.3, -0.25) is 0 Å². The van der Waals surface area contributed by atoms with Gasteiger partial charge in [-0.1, -0.05) is 0 Å². The minimum Gasteiger partial charge on any atom is -0.508 e. The van der Waals surface area contributed by atoms with Crippen LogP contribution in [0.4, 0.5) is 0 Å². The van der Waals surface area contributed by atoms with Crippen LogP contribution in [0.15, 0.2) is 12.1 Å². The van der Waals surface area contributed by atoms with Gasteiger partial charge in [-0.2, -0.15) is 0 Å². The van der Waals surface area contributed by atoms with Gasteiger partial charge in [0.25, 0.3) is 0 Å². The summed E-state index contributed by atoms with van der Waals surface area (Å²) in [6, 6.07) is 2.88. The zero-order valence-corrected chi connectivity index (χ0v) is 8.94. The fourth-order valence-corrected chi connectivity index (χ4v) is 1.28. The van der Waals surface area contributed by atoms with Gasteiger partial charge in [0.15, 0.2) is 0 Å². The Balaban J connectivity index is 0.000000583. The Hall–Kier alpha value is -1.84. The number of phenolic OH excluding ortho intramolecular Hbond substituents is 1. The normalized spacial score (nSPS) is 8.73. The summed E-state index contributed by atoms with van der Waals surface area (Å²) in [5.41, 5.74) is 1.44. The van der Waals surface area contributed by atoms with Crippen molar-refractivity contribution in [2.45, 2.75) is 20.8 Å². The zero-order chi connectivity index (χ0) is 12.0. The van der Waals surface area contributed by atoms with Gasteiger partial charge in [0.05, 0.1) is 5.56 Å². The number of carbonyl (C=O) groups excluding carboxylic acids is 1. The molecule has 0 aliphatic heterocycles. The van der Waals surface area contributed by atoms with Crippen molar-refractivity contribution in [1.82, 2.24) is 0 Å². The van der Waals surface area contributed by atoms with Crippen LogP contribution < -0.4 is 0 Å². The molecule has 0 aliphatic carbocycles. The van der Waals surface area contributed by atoms with E-state index < -0.39 is 5.97 Å². The van der Waals surface area contributed by atoms with Crippen LogP contribution in [0, 0.1) is 13.8 Å². The van der Waals surface area contributed by atoms with Gasteiger partial charge in [0.2, 0.25) is 0 Å². The van der Waals surface area contributed by atoms with Crippen LogP contribution in [0.25, 0.3) is 0 Å². The van der Waals surface area contributed by atoms with Gasteiger partial charge in [-0.25, -0.2) is 4.79 Å². The lowest BCUT2D eigenvalue weighted by Gasteiger charge is -2.04. The molecule has 0 saturated carbocycles. The van der Waals surface area contributed by atoms with Gasteiger partial charge < -0.3 is 15.0 Å². The van der Waals surface area contributed by atoms with E-state index in [2.05, 4.69) is 0 Å². The quantitative estimate of drug-likeness (QED) is 0.694. The number of carbonyl (C=O) groups is 2. The molecule has 2 N–H and O–H groups in total. The van der Waals surface area contributed by atoms with Crippen LogP contribution in [0.1, 0.15) is 28.4 Å². The smallest absolute Gasteiger partial charge is 0.336 e. The standard InChI is InChI=1S/C9H10O3.C2H4O/c1-5-3-7(10)4-6(2)8(5)9(11)12;1-2-3/h3-4,10H,1-2H3,(H,11,12);2H,1H3. The summed E-state index contributed by atoms with van der Waals surface area (Å²) in [6.07, 6.45) is 0.750. The van der Waals surface area contributed by atoms with Gasteiger partial charge >= 0.3 is 5.97 Å². The number of rotatable bonds is 1. The molecule has 0 aromatic heterocycles. The molecule has 0 aliphatic rings. The fraction of sp³-hybridized carbons (Fsp3) is 0.273. The van der Waals surface area contributed by atoms with Gasteiger partial charge in [0, 0.05) is 0 Å². The second kappa shape index (κ2) is 5.80. The minimum absolute atomic E-state index is 0.106. The van der Waals surface area contributed by atoms with E-state index in [4.69, 9.17) is 15.0 Å². The Kier molecular flexibility index (Phi) is 5.09. The van der Waals surface area contributed by atoms with E-state index in [0.29, 0.717) is 11.1 Å². The summed E-state index contributed by atoms with van der Waals surface area (Å²) in [6.45, 7) is 4.77. The van der Waals surface area contributed by atoms with Crippen molar-refractivity contribution < 1.29 is 19.8 Å². The van der Waals surface area contributed by atoms with Crippen LogP contribution in [0.2, 0.25) is 0 Å². The number of aromatic hydroxyl groups is 1. The Morgan fingerprint density at radius 3 is 1.87 bits per heavy atom. The SMILES string of the molecule is CC=O.Cc1cc(O)cc(C)c1C(=O)O. The molecule has 0 spiro atoms. The minimum atomic E-state index is -0.954. The molecule has 0 amide bonds. The molecule has 0 bridgehead atoms. The summed E-state index contributed by atoms with van der Waals surface area (Å²) < 4.78 is 0. The van der Waals surface area contributed by atoms with Crippen LogP contribution >= 0.6 is 0 Å². The van der Waals surface area contributed by atoms with E-state index in [1.165, 1.54) is 19.1 Å². The van der Waals surface area contributed by atoms with E-state index in [1.807, 2.05) is 0 Å². The first-order valence-electron chi connectivity index (χ1n) is 4.37. The maximum Gasteiger partial charge on any atom is 0.336 e. The molecular weight excluding hydrogens is 196 g/mol. The third kappa shape index (κ3) is 3.81. The lowest BCUT2D eigenvalue weighted by Crippen LogP contribution is -2.02. The molecule has 0 atom stereocenters. The molecule has 82 valence electrons. The highest BCUT2D eigenvalue weighted by Crippen LogP contribution is 2.20. The number of carboxylic acids is 1. The monoisotopic (exact) mass is 210 g/mol. The Morgan fingerprint density at radius 2 is 1.60 bits per heavy atom. The highest BCUT2D eigenvalue weighted by molar-refractivity contribution is 5.91. The van der Waals surface area contributed by atoms with E-state index in [1.54, 1.807) is 13.8 Å². The molecule has 1 aromatic rings. The second-order valence-corrected chi connectivity index (χ2v) is 3.00. The summed E-state index contributed by atoms with van der Waals surface area (Å²) in [5, 5.41) is 17.9. The number of hydrogen-bond donors (Lipinski definition) is 2. The first kappa shape index (κ1) is 13.2. The summed E-state index contributed by atoms with van der Waals surface area (Å²) >= 11 is 0. The largest absolute Gasteiger partial charge is 0.508 e. The molecule has 1 rings (SSSR count). The van der Waals surface area contributed by atoms with Crippen molar-refractivity contribution in [2.24, 2.45) is 0 Å². The second-order valence-electron chi connectivity index (χ2n) is 3.00. The van der Waals surface area contributed by atoms with Crippen molar-refractivity contribution in [3.05, 3.63) is 28.8 Å². The van der Waals surface area contributed by atoms with Crippen molar-refractivity contribution >= 4 is 12.3 Å². The topological polar surface area (TPSA) is 74.6 Å². The van der Waals surface area contributed by atoms with Crippen molar-refractivity contribution in [2.75, 3.05) is 0 Å². The average molecular weight is 210 g/mol. The summed E-state index contributed by atoms with van der Waals surface area (Å²) in [4.78, 5) is 19.5. The highest BCUT2D eigenvalue weighted by Gasteiger charge is 2.10. The van der Waals surface area contributed by atoms with Crippen molar-refractivity contribution in [3.8, 4) is 5.75 Å². The molecule has 0 fully saturated rings. The van der Waals surface area contributed by atoms with E-state index in [0.717, 1.165) is 6.29 Å². The van der Waals surface area contributed by atoms with Gasteiger partial charge in [-0.05, 0) is 44.0 Å². The van der Waals surface area contributed by atoms with Gasteiger partial charge in [-0.15, -0.1) is 0 Å². The number of carboxylic acid groups (broad SMARTS) is 1. The number of aromatic carboxylic acids is 1. The first-order chi connectivity index (χ1) is 6.93. The maximum absolute atomic E-state index is 10.7. The third-order valence-corrected chi connectivity index (χ3v) is 1.73. The van der Waals surface area contributed by atoms with Gasteiger partial charge in [0.1, 0.15) is 12.0 Å². The highest BCUT2D eigenvalue weighted by atomic mass is 16.4. The lowest BCUT2D eigenvalue weighted by molar-refractivity contribution is -0.106. The summed E-state index contributed by atoms with van der Waals surface area (Å²) in [7, 11) is 0. The lowest BCUT2D eigenvalue weighted by atomic mass is 10.0. The average Bonchev–Trinajstić information content (AvgIpc) is 2.01. The first-order valence-corrected chi connectivity index (χ1v) is 4.37. The number of hydrogen-bond acceptors (Lipinski definition) is 3. The molecular formula is C11H14O4. The Morgan fingerprint density at radius 1 is 1.27 bits per heavy atom. The van der Waals surface area contributed by atoms with Crippen LogP contribution in [0.5, 0.6) is 5.75 Å². The van der Waals surface area contributed by atoms with E-state index in [-0.39, 0.29) is 11.3 Å². The molecule has 0 heterocycles. The number of aryl methyl sites for hydroxylation is 2. The Bertz CT molecular complexity index is 346. The fourth-order valence-electron chi connectivity index (χ4n) is 1.28. The van der Waals surface area contributed by atoms with Crippen LogP contribution in [0.3, 0.4) is 0 Å². The summed E-state index contributed by atoms with van der Waals surface area (Å²) in [5.74, 6) is -0.847. The molecule has 1 aromatic carbocycles. The third-order valence-electron chi connectivity index (χ3n) is 1.73. The molecule has 4 heteroatoms. The molecule has 0 radical (unpaired) electrons. The molecule has 0 unspecified atom stereocenters. The maximum atomic E-state index is 10.7. The Labute approximate surface area is 88.2 Å². The predicted octanol–water partition coefficient (Wildman–Crippen LogP) is 1.91. The predicted molar refractivity (Wildman–Crippen MR) is 56.3 cm³/mol. The molecule has 0 saturated heterocycles. The van der Waals surface area contributed by atoms with Crippen molar-refractivity contribution in [1.29, 1.82) is 0 Å². The van der Waals surface area contributed by atoms with E-state index in [9.17, 15) is 4.79 Å². The van der Waals surface area contributed by atoms with Crippen molar-refractivity contribution in [3.63, 3.8) is 0 Å². The van der Waals surface area contributed by atoms with Crippen LogP contribution in [-0.2, 0) is 4.79 Å². The number of aldehydes is 1. The molecule has 4 nitrogen and oxygen atoms in total. The number of benzene rings is 1.